The summed E-state index contributed by atoms with van der Waals surface area (Å²) in [6.07, 6.45) is 5.65. The first-order valence-electron chi connectivity index (χ1n) is 6.52. The summed E-state index contributed by atoms with van der Waals surface area (Å²) < 4.78 is 35.8. The summed E-state index contributed by atoms with van der Waals surface area (Å²) in [5.74, 6) is 0. The van der Waals surface area contributed by atoms with Crippen LogP contribution in [0, 0.1) is 0 Å². The van der Waals surface area contributed by atoms with E-state index in [1.54, 1.807) is 19.2 Å². The Labute approximate surface area is 115 Å². The lowest BCUT2D eigenvalue weighted by atomic mass is 10.1. The van der Waals surface area contributed by atoms with Crippen LogP contribution in [0.1, 0.15) is 38.2 Å². The number of aryl methyl sites for hydroxylation is 1. The molecule has 0 saturated heterocycles. The van der Waals surface area contributed by atoms with Gasteiger partial charge < -0.3 is 4.74 Å². The summed E-state index contributed by atoms with van der Waals surface area (Å²) >= 11 is 0. The van der Waals surface area contributed by atoms with Crippen LogP contribution in [-0.4, -0.2) is 26.2 Å². The third kappa shape index (κ3) is 6.18. The SMILES string of the molecule is COC(C)CCCCCc1ccc(S(=O)(=O)O)cc1. The van der Waals surface area contributed by atoms with Crippen molar-refractivity contribution in [2.75, 3.05) is 7.11 Å². The van der Waals surface area contributed by atoms with Crippen molar-refractivity contribution in [2.45, 2.75) is 50.0 Å². The fourth-order valence-corrected chi connectivity index (χ4v) is 2.36. The molecular formula is C14H22O4S. The van der Waals surface area contributed by atoms with Gasteiger partial charge in [0.05, 0.1) is 11.0 Å². The highest BCUT2D eigenvalue weighted by atomic mass is 32.2. The second-order valence-corrected chi connectivity index (χ2v) is 6.19. The zero-order chi connectivity index (χ0) is 14.3. The van der Waals surface area contributed by atoms with Crippen molar-refractivity contribution in [1.29, 1.82) is 0 Å². The summed E-state index contributed by atoms with van der Waals surface area (Å²) in [7, 11) is -2.35. The van der Waals surface area contributed by atoms with Crippen LogP contribution in [0.15, 0.2) is 29.2 Å². The molecule has 0 radical (unpaired) electrons. The molecule has 0 aliphatic heterocycles. The molecule has 108 valence electrons. The third-order valence-electron chi connectivity index (χ3n) is 3.20. The van der Waals surface area contributed by atoms with Crippen LogP contribution in [0.3, 0.4) is 0 Å². The molecule has 0 aliphatic carbocycles. The molecule has 0 amide bonds. The topological polar surface area (TPSA) is 63.6 Å². The Morgan fingerprint density at radius 2 is 1.79 bits per heavy atom. The van der Waals surface area contributed by atoms with Crippen molar-refractivity contribution < 1.29 is 17.7 Å². The highest BCUT2D eigenvalue weighted by molar-refractivity contribution is 7.85. The van der Waals surface area contributed by atoms with Gasteiger partial charge in [0.2, 0.25) is 0 Å². The molecule has 1 N–H and O–H groups in total. The van der Waals surface area contributed by atoms with E-state index in [-0.39, 0.29) is 4.90 Å². The van der Waals surface area contributed by atoms with Crippen LogP contribution in [0.2, 0.25) is 0 Å². The van der Waals surface area contributed by atoms with Crippen LogP contribution in [0.4, 0.5) is 0 Å². The summed E-state index contributed by atoms with van der Waals surface area (Å²) in [4.78, 5) is -0.0508. The minimum atomic E-state index is -4.08. The van der Waals surface area contributed by atoms with Gasteiger partial charge in [-0.2, -0.15) is 8.42 Å². The van der Waals surface area contributed by atoms with E-state index in [9.17, 15) is 8.42 Å². The molecule has 0 aliphatic rings. The van der Waals surface area contributed by atoms with Gasteiger partial charge in [-0.15, -0.1) is 0 Å². The molecule has 0 saturated carbocycles. The monoisotopic (exact) mass is 286 g/mol. The molecule has 5 heteroatoms. The number of unbranched alkanes of at least 4 members (excludes halogenated alkanes) is 2. The molecular weight excluding hydrogens is 264 g/mol. The van der Waals surface area contributed by atoms with Gasteiger partial charge >= 0.3 is 0 Å². The predicted octanol–water partition coefficient (Wildman–Crippen LogP) is 3.07. The average molecular weight is 286 g/mol. The number of ether oxygens (including phenoxy) is 1. The normalized spacial score (nSPS) is 13.4. The molecule has 1 aromatic rings. The van der Waals surface area contributed by atoms with Gasteiger partial charge in [-0.3, -0.25) is 4.55 Å². The largest absolute Gasteiger partial charge is 0.382 e. The Balaban J connectivity index is 2.31. The molecule has 0 spiro atoms. The summed E-state index contributed by atoms with van der Waals surface area (Å²) in [6.45, 7) is 2.06. The molecule has 0 aromatic heterocycles. The highest BCUT2D eigenvalue weighted by Crippen LogP contribution is 2.13. The van der Waals surface area contributed by atoms with Crippen LogP contribution in [-0.2, 0) is 21.3 Å². The Hall–Kier alpha value is -0.910. The third-order valence-corrected chi connectivity index (χ3v) is 4.07. The van der Waals surface area contributed by atoms with E-state index in [1.807, 2.05) is 0 Å². The number of hydrogen-bond donors (Lipinski definition) is 1. The first kappa shape index (κ1) is 16.1. The summed E-state index contributed by atoms with van der Waals surface area (Å²) in [6, 6.07) is 6.39. The maximum absolute atomic E-state index is 10.9. The lowest BCUT2D eigenvalue weighted by Gasteiger charge is -2.08. The maximum Gasteiger partial charge on any atom is 0.294 e. The lowest BCUT2D eigenvalue weighted by Crippen LogP contribution is -2.03. The fraction of sp³-hybridized carbons (Fsp3) is 0.571. The van der Waals surface area contributed by atoms with Gasteiger partial charge in [0.25, 0.3) is 10.1 Å². The van der Waals surface area contributed by atoms with Gasteiger partial charge in [-0.1, -0.05) is 25.0 Å². The fourth-order valence-electron chi connectivity index (χ4n) is 1.88. The van der Waals surface area contributed by atoms with Crippen molar-refractivity contribution in [3.63, 3.8) is 0 Å². The van der Waals surface area contributed by atoms with Crippen LogP contribution in [0.25, 0.3) is 0 Å². The van der Waals surface area contributed by atoms with Crippen molar-refractivity contribution in [3.8, 4) is 0 Å². The molecule has 19 heavy (non-hydrogen) atoms. The number of methoxy groups -OCH3 is 1. The minimum Gasteiger partial charge on any atom is -0.382 e. The molecule has 0 bridgehead atoms. The number of benzene rings is 1. The second kappa shape index (κ2) is 7.62. The Kier molecular flexibility index (Phi) is 6.48. The van der Waals surface area contributed by atoms with E-state index in [0.717, 1.165) is 37.7 Å². The molecule has 0 fully saturated rings. The lowest BCUT2D eigenvalue weighted by molar-refractivity contribution is 0.108. The summed E-state index contributed by atoms with van der Waals surface area (Å²) in [5.41, 5.74) is 1.09. The van der Waals surface area contributed by atoms with Gasteiger partial charge in [0, 0.05) is 7.11 Å². The molecule has 1 rings (SSSR count). The molecule has 1 aromatic carbocycles. The second-order valence-electron chi connectivity index (χ2n) is 4.76. The summed E-state index contributed by atoms with van der Waals surface area (Å²) in [5, 5.41) is 0. The number of rotatable bonds is 8. The Bertz CT molecular complexity index is 465. The standard InChI is InChI=1S/C14H22O4S/c1-12(18-2)6-4-3-5-7-13-8-10-14(11-9-13)19(15,16)17/h8-12H,3-7H2,1-2H3,(H,15,16,17). The maximum atomic E-state index is 10.9. The molecule has 1 unspecified atom stereocenters. The van der Waals surface area contributed by atoms with Crippen molar-refractivity contribution in [1.82, 2.24) is 0 Å². The number of hydrogen-bond acceptors (Lipinski definition) is 3. The van der Waals surface area contributed by atoms with E-state index in [2.05, 4.69) is 6.92 Å². The molecule has 1 atom stereocenters. The minimum absolute atomic E-state index is 0.0508. The van der Waals surface area contributed by atoms with Gasteiger partial charge in [-0.25, -0.2) is 0 Å². The smallest absolute Gasteiger partial charge is 0.294 e. The zero-order valence-corrected chi connectivity index (χ0v) is 12.3. The van der Waals surface area contributed by atoms with Crippen LogP contribution in [0.5, 0.6) is 0 Å². The van der Waals surface area contributed by atoms with Gasteiger partial charge in [0.1, 0.15) is 0 Å². The van der Waals surface area contributed by atoms with Gasteiger partial charge in [-0.05, 0) is 43.9 Å². The Morgan fingerprint density at radius 1 is 1.16 bits per heavy atom. The van der Waals surface area contributed by atoms with Crippen molar-refractivity contribution >= 4 is 10.1 Å². The van der Waals surface area contributed by atoms with Gasteiger partial charge in [0.15, 0.2) is 0 Å². The van der Waals surface area contributed by atoms with Crippen LogP contribution >= 0.6 is 0 Å². The van der Waals surface area contributed by atoms with Crippen LogP contribution < -0.4 is 0 Å². The quantitative estimate of drug-likeness (QED) is 0.589. The van der Waals surface area contributed by atoms with E-state index in [0.29, 0.717) is 6.10 Å². The van der Waals surface area contributed by atoms with E-state index in [1.165, 1.54) is 12.1 Å². The highest BCUT2D eigenvalue weighted by Gasteiger charge is 2.08. The van der Waals surface area contributed by atoms with Crippen molar-refractivity contribution in [3.05, 3.63) is 29.8 Å². The Morgan fingerprint density at radius 3 is 2.32 bits per heavy atom. The molecule has 0 heterocycles. The van der Waals surface area contributed by atoms with E-state index in [4.69, 9.17) is 9.29 Å². The first-order valence-corrected chi connectivity index (χ1v) is 7.96. The molecule has 4 nitrogen and oxygen atoms in total. The van der Waals surface area contributed by atoms with E-state index < -0.39 is 10.1 Å². The zero-order valence-electron chi connectivity index (χ0n) is 11.5. The predicted molar refractivity (Wildman–Crippen MR) is 74.9 cm³/mol. The first-order chi connectivity index (χ1) is 8.93. The average Bonchev–Trinajstić information content (AvgIpc) is 2.37. The van der Waals surface area contributed by atoms with Crippen molar-refractivity contribution in [2.24, 2.45) is 0 Å². The van der Waals surface area contributed by atoms with E-state index >= 15 is 0 Å².